The van der Waals surface area contributed by atoms with Crippen molar-refractivity contribution in [1.82, 2.24) is 31.2 Å². The molecule has 50 heavy (non-hydrogen) atoms. The predicted octanol–water partition coefficient (Wildman–Crippen LogP) is 2.08. The first-order chi connectivity index (χ1) is 23.7. The third kappa shape index (κ3) is 8.00. The molecule has 0 saturated heterocycles. The zero-order valence-electron chi connectivity index (χ0n) is 27.1. The summed E-state index contributed by atoms with van der Waals surface area (Å²) >= 11 is 6.37. The van der Waals surface area contributed by atoms with Gasteiger partial charge < -0.3 is 20.8 Å². The average molecular weight is 832 g/mol. The van der Waals surface area contributed by atoms with Crippen molar-refractivity contribution >= 4 is 66.9 Å². The van der Waals surface area contributed by atoms with Crippen molar-refractivity contribution in [1.29, 1.82) is 0 Å². The fourth-order valence-corrected chi connectivity index (χ4v) is 5.68. The molecule has 4 rings (SSSR count). The number of nitrogens with zero attached hydrogens (tertiary/aromatic N) is 4. The summed E-state index contributed by atoms with van der Waals surface area (Å²) in [7, 11) is 2.51. The second-order valence-corrected chi connectivity index (χ2v) is 12.6. The first-order valence-corrected chi connectivity index (χ1v) is 16.5. The van der Waals surface area contributed by atoms with E-state index in [0.29, 0.717) is 8.95 Å². The molecule has 20 heteroatoms. The lowest BCUT2D eigenvalue weighted by atomic mass is 10.00. The number of hydrogen-bond donors (Lipinski definition) is 6. The van der Waals surface area contributed by atoms with E-state index < -0.39 is 71.7 Å². The van der Waals surface area contributed by atoms with Gasteiger partial charge >= 0.3 is 0 Å². The van der Waals surface area contributed by atoms with E-state index >= 15 is 8.78 Å². The van der Waals surface area contributed by atoms with Crippen molar-refractivity contribution < 1.29 is 47.8 Å². The van der Waals surface area contributed by atoms with E-state index in [9.17, 15) is 29.4 Å². The van der Waals surface area contributed by atoms with Gasteiger partial charge in [0.05, 0.1) is 61.0 Å². The van der Waals surface area contributed by atoms with Gasteiger partial charge in [0.1, 0.15) is 11.6 Å². The molecule has 0 fully saturated rings. The van der Waals surface area contributed by atoms with Crippen LogP contribution in [0.15, 0.2) is 68.1 Å². The van der Waals surface area contributed by atoms with Crippen LogP contribution in [0.2, 0.25) is 0 Å². The number of hydroxylamine groups is 2. The number of anilines is 2. The van der Waals surface area contributed by atoms with Gasteiger partial charge in [0, 0.05) is 23.0 Å². The minimum Gasteiger partial charge on any atom is -0.394 e. The topological polar surface area (TPSA) is 188 Å². The highest BCUT2D eigenvalue weighted by molar-refractivity contribution is 9.10. The van der Waals surface area contributed by atoms with Crippen molar-refractivity contribution in [3.05, 3.63) is 79.8 Å². The molecule has 6 N–H and O–H groups in total. The summed E-state index contributed by atoms with van der Waals surface area (Å²) in [6, 6.07) is 8.06. The van der Waals surface area contributed by atoms with E-state index in [0.717, 1.165) is 32.4 Å². The van der Waals surface area contributed by atoms with Gasteiger partial charge in [0.25, 0.3) is 23.6 Å². The quantitative estimate of drug-likeness (QED) is 0.128. The smallest absolute Gasteiger partial charge is 0.297 e. The number of benzene rings is 2. The number of halogens is 4. The van der Waals surface area contributed by atoms with Crippen LogP contribution in [0.1, 0.15) is 13.8 Å². The fourth-order valence-electron chi connectivity index (χ4n) is 5.02. The normalized spacial score (nSPS) is 18.2. The average Bonchev–Trinajstić information content (AvgIpc) is 3.07. The van der Waals surface area contributed by atoms with Crippen LogP contribution >= 0.6 is 31.9 Å². The summed E-state index contributed by atoms with van der Waals surface area (Å²) in [5, 5.41) is 27.8. The molecule has 0 saturated carbocycles. The Morgan fingerprint density at radius 2 is 1.10 bits per heavy atom. The van der Waals surface area contributed by atoms with Gasteiger partial charge in [0.15, 0.2) is 11.4 Å². The summed E-state index contributed by atoms with van der Waals surface area (Å²) < 4.78 is 31.1. The number of amides is 4. The van der Waals surface area contributed by atoms with Crippen molar-refractivity contribution in [3.8, 4) is 0 Å². The van der Waals surface area contributed by atoms with Crippen molar-refractivity contribution in [2.24, 2.45) is 11.8 Å². The third-order valence-electron chi connectivity index (χ3n) is 7.45. The van der Waals surface area contributed by atoms with Gasteiger partial charge in [0.2, 0.25) is 0 Å². The third-order valence-corrected chi connectivity index (χ3v) is 8.44. The van der Waals surface area contributed by atoms with Crippen LogP contribution in [-0.2, 0) is 28.9 Å². The van der Waals surface area contributed by atoms with Gasteiger partial charge in [-0.25, -0.2) is 29.8 Å². The SMILES string of the molecule is CC1C(=O)N(C)N(N2C(C(=O)NOCCO)=C(Nc3ccc(Br)cc3F)C(C)C(=O)N2C)C(C(=O)NOCCO)=C1Nc1ccc(Br)cc1F. The van der Waals surface area contributed by atoms with Crippen LogP contribution in [0.4, 0.5) is 20.2 Å². The first kappa shape index (κ1) is 38.5. The summed E-state index contributed by atoms with van der Waals surface area (Å²) in [6.07, 6.45) is 0. The van der Waals surface area contributed by atoms with Crippen LogP contribution < -0.4 is 21.6 Å². The summed E-state index contributed by atoms with van der Waals surface area (Å²) in [5.74, 6) is -7.25. The summed E-state index contributed by atoms with van der Waals surface area (Å²) in [4.78, 5) is 65.9. The maximum atomic E-state index is 15.1. The maximum Gasteiger partial charge on any atom is 0.297 e. The Labute approximate surface area is 301 Å². The lowest BCUT2D eigenvalue weighted by Gasteiger charge is -2.52. The van der Waals surface area contributed by atoms with Crippen molar-refractivity contribution in [2.45, 2.75) is 13.8 Å². The Kier molecular flexibility index (Phi) is 12.8. The molecule has 16 nitrogen and oxygen atoms in total. The van der Waals surface area contributed by atoms with Crippen LogP contribution in [0.5, 0.6) is 0 Å². The molecule has 2 aliphatic rings. The van der Waals surface area contributed by atoms with E-state index in [2.05, 4.69) is 53.5 Å². The standard InChI is InChI=1S/C30H34Br2F2N8O8/c1-15-23(35-21-7-5-17(31)13-19(21)33)25(27(45)37-49-11-9-43)41(39(3)29(15)47)42-26(28(46)38-50-12-10-44)24(16(2)30(48)40(42)4)36-22-8-6-18(32)14-20(22)34/h5-8,13-16,35-36,43-44H,9-12H2,1-4H3,(H,37,45)(H,38,46). The second-order valence-electron chi connectivity index (χ2n) is 10.8. The molecule has 2 aliphatic heterocycles. The van der Waals surface area contributed by atoms with Crippen LogP contribution in [0.25, 0.3) is 0 Å². The molecule has 2 atom stereocenters. The molecule has 0 radical (unpaired) electrons. The zero-order chi connectivity index (χ0) is 36.9. The van der Waals surface area contributed by atoms with Gasteiger partial charge in [-0.2, -0.15) is 10.2 Å². The molecule has 0 spiro atoms. The Balaban J connectivity index is 2.02. The molecule has 0 aliphatic carbocycles. The lowest BCUT2D eigenvalue weighted by molar-refractivity contribution is -0.234. The largest absolute Gasteiger partial charge is 0.394 e. The zero-order valence-corrected chi connectivity index (χ0v) is 30.3. The molecular formula is C30H34Br2F2N8O8. The number of aliphatic hydroxyl groups is 2. The summed E-state index contributed by atoms with van der Waals surface area (Å²) in [5.41, 5.74) is 2.78. The minimum atomic E-state index is -1.15. The predicted molar refractivity (Wildman–Crippen MR) is 179 cm³/mol. The number of carbonyl (C=O) groups is 4. The van der Waals surface area contributed by atoms with Gasteiger partial charge in [-0.1, -0.05) is 31.9 Å². The number of carbonyl (C=O) groups excluding carboxylic acids is 4. The number of rotatable bonds is 13. The Morgan fingerprint density at radius 3 is 1.42 bits per heavy atom. The van der Waals surface area contributed by atoms with Gasteiger partial charge in [-0.15, -0.1) is 0 Å². The van der Waals surface area contributed by atoms with Crippen LogP contribution in [0, 0.1) is 23.5 Å². The molecule has 270 valence electrons. The molecular weight excluding hydrogens is 798 g/mol. The number of aliphatic hydroxyl groups excluding tert-OH is 2. The van der Waals surface area contributed by atoms with E-state index in [1.54, 1.807) is 0 Å². The molecule has 2 unspecified atom stereocenters. The lowest BCUT2D eigenvalue weighted by Crippen LogP contribution is -2.67. The number of hydrogen-bond acceptors (Lipinski definition) is 12. The highest BCUT2D eigenvalue weighted by Gasteiger charge is 2.49. The molecule has 0 aromatic heterocycles. The molecule has 2 aromatic carbocycles. The molecule has 2 heterocycles. The highest BCUT2D eigenvalue weighted by Crippen LogP contribution is 2.38. The molecule has 0 bridgehead atoms. The molecule has 4 amide bonds. The number of nitrogens with one attached hydrogen (secondary N) is 4. The Bertz CT molecular complexity index is 1610. The molecule has 2 aromatic rings. The van der Waals surface area contributed by atoms with Gasteiger partial charge in [-0.05, 0) is 50.2 Å². The van der Waals surface area contributed by atoms with Crippen molar-refractivity contribution in [2.75, 3.05) is 51.2 Å². The Morgan fingerprint density at radius 1 is 0.740 bits per heavy atom. The monoisotopic (exact) mass is 830 g/mol. The van der Waals surface area contributed by atoms with Crippen molar-refractivity contribution in [3.63, 3.8) is 0 Å². The fraction of sp³-hybridized carbons (Fsp3) is 0.333. The number of hydrazine groups is 3. The Hall–Kier alpha value is -4.34. The van der Waals surface area contributed by atoms with E-state index in [1.807, 2.05) is 0 Å². The van der Waals surface area contributed by atoms with Gasteiger partial charge in [-0.3, -0.25) is 28.9 Å². The summed E-state index contributed by atoms with van der Waals surface area (Å²) in [6.45, 7) is 1.26. The van der Waals surface area contributed by atoms with Crippen LogP contribution in [0.3, 0.4) is 0 Å². The first-order valence-electron chi connectivity index (χ1n) is 14.9. The van der Waals surface area contributed by atoms with E-state index in [-0.39, 0.29) is 36.0 Å². The highest BCUT2D eigenvalue weighted by atomic mass is 79.9. The van der Waals surface area contributed by atoms with E-state index in [4.69, 9.17) is 9.68 Å². The minimum absolute atomic E-state index is 0.135. The van der Waals surface area contributed by atoms with E-state index in [1.165, 1.54) is 52.2 Å². The maximum absolute atomic E-state index is 15.1. The van der Waals surface area contributed by atoms with Crippen LogP contribution in [-0.4, -0.2) is 94.6 Å². The second kappa shape index (κ2) is 16.6.